The molecule has 0 amide bonds. The lowest BCUT2D eigenvalue weighted by Crippen LogP contribution is -2.30. The Labute approximate surface area is 107 Å². The lowest BCUT2D eigenvalue weighted by Gasteiger charge is -2.21. The molecule has 0 saturated carbocycles. The monoisotopic (exact) mass is 245 g/mol. The zero-order valence-corrected chi connectivity index (χ0v) is 10.7. The Kier molecular flexibility index (Phi) is 2.96. The number of fused-ring (bicyclic) bond motifs is 1. The molecule has 1 N–H and O–H groups in total. The van der Waals surface area contributed by atoms with Gasteiger partial charge in [0.05, 0.1) is 5.69 Å². The van der Waals surface area contributed by atoms with Gasteiger partial charge in [0.2, 0.25) is 0 Å². The molecule has 3 heterocycles. The van der Waals surface area contributed by atoms with Crippen LogP contribution in [-0.2, 0) is 6.42 Å². The molecule has 1 unspecified atom stereocenters. The summed E-state index contributed by atoms with van der Waals surface area (Å²) in [7, 11) is 0. The molecule has 1 aliphatic rings. The average Bonchev–Trinajstić information content (AvgIpc) is 2.96. The molecular formula is C14H19N3O. The van der Waals surface area contributed by atoms with Crippen LogP contribution in [0.5, 0.6) is 5.75 Å². The zero-order chi connectivity index (χ0) is 12.5. The molecule has 4 heteroatoms. The number of imidazole rings is 1. The first-order valence-electron chi connectivity index (χ1n) is 6.67. The second kappa shape index (κ2) is 4.61. The van der Waals surface area contributed by atoms with Crippen molar-refractivity contribution in [1.29, 1.82) is 0 Å². The minimum Gasteiger partial charge on any atom is -0.504 e. The number of likely N-dealkylation sites (tertiary alicyclic amines) is 1. The van der Waals surface area contributed by atoms with Gasteiger partial charge in [-0.2, -0.15) is 0 Å². The van der Waals surface area contributed by atoms with Crippen molar-refractivity contribution in [2.24, 2.45) is 0 Å². The maximum atomic E-state index is 9.75. The fraction of sp³-hybridized carbons (Fsp3) is 0.500. The van der Waals surface area contributed by atoms with Gasteiger partial charge in [-0.3, -0.25) is 0 Å². The molecule has 0 aliphatic carbocycles. The van der Waals surface area contributed by atoms with Gasteiger partial charge in [0.15, 0.2) is 11.4 Å². The summed E-state index contributed by atoms with van der Waals surface area (Å²) in [6, 6.07) is 4.13. The first-order valence-corrected chi connectivity index (χ1v) is 6.67. The highest BCUT2D eigenvalue weighted by molar-refractivity contribution is 5.53. The van der Waals surface area contributed by atoms with E-state index in [0.29, 0.717) is 11.7 Å². The van der Waals surface area contributed by atoms with E-state index in [0.717, 1.165) is 18.7 Å². The molecule has 18 heavy (non-hydrogen) atoms. The Bertz CT molecular complexity index is 549. The number of rotatable bonds is 3. The van der Waals surface area contributed by atoms with Crippen molar-refractivity contribution >= 4 is 5.65 Å². The summed E-state index contributed by atoms with van der Waals surface area (Å²) < 4.78 is 1.90. The number of aromatic hydroxyl groups is 1. The Balaban J connectivity index is 1.84. The summed E-state index contributed by atoms with van der Waals surface area (Å²) in [6.45, 7) is 4.54. The van der Waals surface area contributed by atoms with Gasteiger partial charge in [-0.05, 0) is 38.1 Å². The van der Waals surface area contributed by atoms with Crippen molar-refractivity contribution in [3.63, 3.8) is 0 Å². The Morgan fingerprint density at radius 1 is 1.50 bits per heavy atom. The fourth-order valence-corrected chi connectivity index (χ4v) is 2.93. The Morgan fingerprint density at radius 3 is 3.17 bits per heavy atom. The highest BCUT2D eigenvalue weighted by atomic mass is 16.3. The molecule has 1 fully saturated rings. The summed E-state index contributed by atoms with van der Waals surface area (Å²) in [6.07, 6.45) is 7.48. The van der Waals surface area contributed by atoms with Gasteiger partial charge < -0.3 is 14.4 Å². The minimum atomic E-state index is 0.252. The number of nitrogens with zero attached hydrogens (tertiary/aromatic N) is 3. The van der Waals surface area contributed by atoms with Crippen LogP contribution in [0.4, 0.5) is 0 Å². The van der Waals surface area contributed by atoms with E-state index in [1.807, 2.05) is 22.9 Å². The zero-order valence-electron chi connectivity index (χ0n) is 10.7. The van der Waals surface area contributed by atoms with Crippen LogP contribution in [0.3, 0.4) is 0 Å². The van der Waals surface area contributed by atoms with Gasteiger partial charge >= 0.3 is 0 Å². The topological polar surface area (TPSA) is 40.8 Å². The molecule has 3 rings (SSSR count). The predicted molar refractivity (Wildman–Crippen MR) is 70.8 cm³/mol. The van der Waals surface area contributed by atoms with Crippen LogP contribution < -0.4 is 0 Å². The molecule has 2 aromatic heterocycles. The van der Waals surface area contributed by atoms with Crippen molar-refractivity contribution in [2.45, 2.75) is 32.2 Å². The van der Waals surface area contributed by atoms with Gasteiger partial charge in [0.25, 0.3) is 0 Å². The average molecular weight is 245 g/mol. The summed E-state index contributed by atoms with van der Waals surface area (Å²) >= 11 is 0. The smallest absolute Gasteiger partial charge is 0.179 e. The van der Waals surface area contributed by atoms with Gasteiger partial charge in [0.1, 0.15) is 0 Å². The normalized spacial score (nSPS) is 20.8. The Morgan fingerprint density at radius 2 is 2.39 bits per heavy atom. The van der Waals surface area contributed by atoms with Crippen LogP contribution in [0.15, 0.2) is 24.5 Å². The second-order valence-electron chi connectivity index (χ2n) is 4.99. The third kappa shape index (κ3) is 1.97. The summed E-state index contributed by atoms with van der Waals surface area (Å²) in [5.41, 5.74) is 1.73. The molecule has 4 nitrogen and oxygen atoms in total. The number of likely N-dealkylation sites (N-methyl/N-ethyl adjacent to an activating group) is 1. The van der Waals surface area contributed by atoms with E-state index in [9.17, 15) is 5.11 Å². The quantitative estimate of drug-likeness (QED) is 0.900. The van der Waals surface area contributed by atoms with Gasteiger partial charge in [-0.1, -0.05) is 6.92 Å². The molecule has 0 radical (unpaired) electrons. The van der Waals surface area contributed by atoms with E-state index in [1.165, 1.54) is 19.4 Å². The summed E-state index contributed by atoms with van der Waals surface area (Å²) in [4.78, 5) is 7.05. The highest BCUT2D eigenvalue weighted by Crippen LogP contribution is 2.22. The SMILES string of the molecule is CCN1CCCC1Cc1cn2cccc(O)c2n1. The van der Waals surface area contributed by atoms with Gasteiger partial charge in [0, 0.05) is 24.9 Å². The van der Waals surface area contributed by atoms with Crippen molar-refractivity contribution in [3.05, 3.63) is 30.2 Å². The van der Waals surface area contributed by atoms with Crippen LogP contribution in [0.2, 0.25) is 0 Å². The minimum absolute atomic E-state index is 0.252. The van der Waals surface area contributed by atoms with Crippen LogP contribution >= 0.6 is 0 Å². The number of aromatic nitrogens is 2. The fourth-order valence-electron chi connectivity index (χ4n) is 2.93. The molecular weight excluding hydrogens is 226 g/mol. The van der Waals surface area contributed by atoms with Crippen LogP contribution in [0, 0.1) is 0 Å². The van der Waals surface area contributed by atoms with Crippen molar-refractivity contribution in [1.82, 2.24) is 14.3 Å². The van der Waals surface area contributed by atoms with Crippen LogP contribution in [-0.4, -0.2) is 38.5 Å². The predicted octanol–water partition coefficient (Wildman–Crippen LogP) is 2.07. The second-order valence-corrected chi connectivity index (χ2v) is 4.99. The lowest BCUT2D eigenvalue weighted by molar-refractivity contribution is 0.265. The van der Waals surface area contributed by atoms with E-state index in [1.54, 1.807) is 6.07 Å². The van der Waals surface area contributed by atoms with E-state index < -0.39 is 0 Å². The van der Waals surface area contributed by atoms with Gasteiger partial charge in [-0.25, -0.2) is 4.98 Å². The maximum absolute atomic E-state index is 9.75. The molecule has 1 aliphatic heterocycles. The molecule has 0 aromatic carbocycles. The third-order valence-electron chi connectivity index (χ3n) is 3.86. The maximum Gasteiger partial charge on any atom is 0.179 e. The van der Waals surface area contributed by atoms with E-state index >= 15 is 0 Å². The van der Waals surface area contributed by atoms with Crippen molar-refractivity contribution in [2.75, 3.05) is 13.1 Å². The van der Waals surface area contributed by atoms with E-state index in [2.05, 4.69) is 16.8 Å². The number of hydrogen-bond acceptors (Lipinski definition) is 3. The molecule has 2 aromatic rings. The summed E-state index contributed by atoms with van der Waals surface area (Å²) in [5, 5.41) is 9.75. The van der Waals surface area contributed by atoms with Crippen molar-refractivity contribution in [3.8, 4) is 5.75 Å². The van der Waals surface area contributed by atoms with Crippen LogP contribution in [0.25, 0.3) is 5.65 Å². The molecule has 0 spiro atoms. The molecule has 0 bridgehead atoms. The first kappa shape index (κ1) is 11.5. The number of pyridine rings is 1. The van der Waals surface area contributed by atoms with Crippen LogP contribution in [0.1, 0.15) is 25.5 Å². The molecule has 96 valence electrons. The Hall–Kier alpha value is -1.55. The molecule has 1 atom stereocenters. The highest BCUT2D eigenvalue weighted by Gasteiger charge is 2.24. The standard InChI is InChI=1S/C14H19N3O/c1-2-16-7-3-5-12(16)9-11-10-17-8-4-6-13(18)14(17)15-11/h4,6,8,10,12,18H,2-3,5,7,9H2,1H3. The third-order valence-corrected chi connectivity index (χ3v) is 3.86. The summed E-state index contributed by atoms with van der Waals surface area (Å²) in [5.74, 6) is 0.252. The number of hydrogen-bond donors (Lipinski definition) is 1. The van der Waals surface area contributed by atoms with E-state index in [-0.39, 0.29) is 5.75 Å². The van der Waals surface area contributed by atoms with Crippen molar-refractivity contribution < 1.29 is 5.11 Å². The van der Waals surface area contributed by atoms with Gasteiger partial charge in [-0.15, -0.1) is 0 Å². The largest absolute Gasteiger partial charge is 0.504 e. The molecule has 1 saturated heterocycles. The van der Waals surface area contributed by atoms with E-state index in [4.69, 9.17) is 0 Å². The lowest BCUT2D eigenvalue weighted by atomic mass is 10.1. The first-order chi connectivity index (χ1) is 8.78.